The topological polar surface area (TPSA) is 15.3 Å². The van der Waals surface area contributed by atoms with E-state index >= 15 is 0 Å². The fraction of sp³-hybridized carbons (Fsp3) is 0.600. The Morgan fingerprint density at radius 1 is 1.22 bits per heavy atom. The van der Waals surface area contributed by atoms with E-state index in [9.17, 15) is 0 Å². The molecule has 0 radical (unpaired) electrons. The molecule has 0 unspecified atom stereocenters. The third kappa shape index (κ3) is 3.25. The molecular formula is C15H23ClN2. The van der Waals surface area contributed by atoms with Gasteiger partial charge in [-0.05, 0) is 23.1 Å². The van der Waals surface area contributed by atoms with Crippen LogP contribution in [-0.4, -0.2) is 31.1 Å². The summed E-state index contributed by atoms with van der Waals surface area (Å²) in [6, 6.07) is 8.74. The maximum atomic E-state index is 6.15. The van der Waals surface area contributed by atoms with E-state index < -0.39 is 0 Å². The number of nitrogens with zero attached hydrogens (tertiary/aromatic N) is 1. The molecule has 0 spiro atoms. The molecule has 1 aliphatic rings. The molecule has 1 aromatic carbocycles. The van der Waals surface area contributed by atoms with Crippen molar-refractivity contribution in [1.29, 1.82) is 0 Å². The van der Waals surface area contributed by atoms with Gasteiger partial charge in [0.1, 0.15) is 0 Å². The molecule has 3 heteroatoms. The second kappa shape index (κ2) is 5.60. The molecule has 0 bridgehead atoms. The molecule has 1 fully saturated rings. The van der Waals surface area contributed by atoms with Gasteiger partial charge in [0.05, 0.1) is 0 Å². The molecule has 2 nitrogen and oxygen atoms in total. The Balaban J connectivity index is 2.30. The lowest BCUT2D eigenvalue weighted by Gasteiger charge is -2.42. The van der Waals surface area contributed by atoms with Crippen LogP contribution in [0.15, 0.2) is 24.3 Å². The minimum Gasteiger partial charge on any atom is -0.314 e. The zero-order valence-corrected chi connectivity index (χ0v) is 12.3. The van der Waals surface area contributed by atoms with Gasteiger partial charge >= 0.3 is 0 Å². The Morgan fingerprint density at radius 3 is 2.44 bits per heavy atom. The average molecular weight is 267 g/mol. The van der Waals surface area contributed by atoms with Crippen LogP contribution >= 0.6 is 11.6 Å². The van der Waals surface area contributed by atoms with E-state index in [1.807, 2.05) is 6.07 Å². The second-order valence-electron chi connectivity index (χ2n) is 6.11. The van der Waals surface area contributed by atoms with Gasteiger partial charge in [-0.2, -0.15) is 0 Å². The summed E-state index contributed by atoms with van der Waals surface area (Å²) in [6.45, 7) is 11.3. The van der Waals surface area contributed by atoms with Gasteiger partial charge < -0.3 is 5.32 Å². The molecule has 1 saturated heterocycles. The van der Waals surface area contributed by atoms with Gasteiger partial charge in [0.2, 0.25) is 0 Å². The molecule has 0 saturated carbocycles. The van der Waals surface area contributed by atoms with Crippen LogP contribution in [0.1, 0.15) is 32.4 Å². The van der Waals surface area contributed by atoms with E-state index in [2.05, 4.69) is 49.2 Å². The third-order valence-corrected chi connectivity index (χ3v) is 3.74. The minimum absolute atomic E-state index is 0.210. The first-order valence-corrected chi connectivity index (χ1v) is 7.06. The summed E-state index contributed by atoms with van der Waals surface area (Å²) in [5.74, 6) is 0. The molecule has 100 valence electrons. The van der Waals surface area contributed by atoms with Crippen molar-refractivity contribution < 1.29 is 0 Å². The van der Waals surface area contributed by atoms with Gasteiger partial charge in [0.25, 0.3) is 0 Å². The number of nitrogens with one attached hydrogen (secondary N) is 1. The first-order chi connectivity index (χ1) is 8.48. The molecule has 0 aromatic heterocycles. The summed E-state index contributed by atoms with van der Waals surface area (Å²) >= 11 is 6.15. The van der Waals surface area contributed by atoms with Gasteiger partial charge in [0, 0.05) is 37.2 Å². The van der Waals surface area contributed by atoms with Crippen molar-refractivity contribution in [3.8, 4) is 0 Å². The molecule has 1 aliphatic heterocycles. The lowest BCUT2D eigenvalue weighted by Crippen LogP contribution is -2.48. The van der Waals surface area contributed by atoms with Crippen molar-refractivity contribution >= 4 is 11.6 Å². The van der Waals surface area contributed by atoms with Crippen LogP contribution in [0, 0.1) is 5.41 Å². The van der Waals surface area contributed by atoms with Gasteiger partial charge in [-0.3, -0.25) is 4.90 Å². The molecule has 2 rings (SSSR count). The average Bonchev–Trinajstić information content (AvgIpc) is 2.28. The number of rotatable bonds is 2. The highest BCUT2D eigenvalue weighted by Crippen LogP contribution is 2.38. The minimum atomic E-state index is 0.210. The summed E-state index contributed by atoms with van der Waals surface area (Å²) in [7, 11) is 0. The molecule has 1 aromatic rings. The maximum absolute atomic E-state index is 6.15. The fourth-order valence-electron chi connectivity index (χ4n) is 2.88. The third-order valence-electron chi connectivity index (χ3n) is 3.50. The maximum Gasteiger partial charge on any atom is 0.0409 e. The Bertz CT molecular complexity index is 392. The predicted molar refractivity (Wildman–Crippen MR) is 78.1 cm³/mol. The first-order valence-electron chi connectivity index (χ1n) is 6.69. The summed E-state index contributed by atoms with van der Waals surface area (Å²) in [5.41, 5.74) is 1.54. The van der Waals surface area contributed by atoms with Gasteiger partial charge in [-0.15, -0.1) is 0 Å². The largest absolute Gasteiger partial charge is 0.314 e. The number of hydrogen-bond acceptors (Lipinski definition) is 2. The van der Waals surface area contributed by atoms with Crippen molar-refractivity contribution in [3.05, 3.63) is 34.9 Å². The standard InChI is InChI=1S/C15H23ClN2/c1-15(2,3)14(18-9-7-17-8-10-18)12-5-4-6-13(16)11-12/h4-6,11,14,17H,7-10H2,1-3H3/t14-/m1/s1. The van der Waals surface area contributed by atoms with E-state index in [1.54, 1.807) is 0 Å². The molecule has 1 heterocycles. The zero-order chi connectivity index (χ0) is 13.2. The van der Waals surface area contributed by atoms with E-state index in [4.69, 9.17) is 11.6 Å². The van der Waals surface area contributed by atoms with Crippen LogP contribution in [0.2, 0.25) is 5.02 Å². The van der Waals surface area contributed by atoms with Crippen molar-refractivity contribution in [2.24, 2.45) is 5.41 Å². The molecular weight excluding hydrogens is 244 g/mol. The zero-order valence-electron chi connectivity index (χ0n) is 11.5. The molecule has 1 atom stereocenters. The van der Waals surface area contributed by atoms with Crippen molar-refractivity contribution in [2.45, 2.75) is 26.8 Å². The Hall–Kier alpha value is -0.570. The van der Waals surface area contributed by atoms with Crippen molar-refractivity contribution in [1.82, 2.24) is 10.2 Å². The van der Waals surface area contributed by atoms with Crippen LogP contribution in [0.4, 0.5) is 0 Å². The Morgan fingerprint density at radius 2 is 1.89 bits per heavy atom. The smallest absolute Gasteiger partial charge is 0.0409 e. The lowest BCUT2D eigenvalue weighted by molar-refractivity contribution is 0.0862. The number of piperazine rings is 1. The van der Waals surface area contributed by atoms with E-state index in [0.29, 0.717) is 6.04 Å². The quantitative estimate of drug-likeness (QED) is 0.883. The second-order valence-corrected chi connectivity index (χ2v) is 6.55. The normalized spacial score (nSPS) is 19.8. The first kappa shape index (κ1) is 13.9. The van der Waals surface area contributed by atoms with Gasteiger partial charge in [-0.1, -0.05) is 44.5 Å². The summed E-state index contributed by atoms with van der Waals surface area (Å²) in [5, 5.41) is 4.25. The highest BCUT2D eigenvalue weighted by atomic mass is 35.5. The summed E-state index contributed by atoms with van der Waals surface area (Å²) in [6.07, 6.45) is 0. The number of halogens is 1. The molecule has 0 aliphatic carbocycles. The van der Waals surface area contributed by atoms with Gasteiger partial charge in [0.15, 0.2) is 0 Å². The van der Waals surface area contributed by atoms with E-state index in [1.165, 1.54) is 5.56 Å². The lowest BCUT2D eigenvalue weighted by atomic mass is 9.81. The van der Waals surface area contributed by atoms with Crippen LogP contribution in [-0.2, 0) is 0 Å². The molecule has 0 amide bonds. The number of benzene rings is 1. The summed E-state index contributed by atoms with van der Waals surface area (Å²) in [4.78, 5) is 2.57. The van der Waals surface area contributed by atoms with Crippen molar-refractivity contribution in [2.75, 3.05) is 26.2 Å². The van der Waals surface area contributed by atoms with Crippen LogP contribution in [0.5, 0.6) is 0 Å². The SMILES string of the molecule is CC(C)(C)[C@@H](c1cccc(Cl)c1)N1CCNCC1. The van der Waals surface area contributed by atoms with Crippen LogP contribution in [0.3, 0.4) is 0 Å². The fourth-order valence-corrected chi connectivity index (χ4v) is 3.07. The number of hydrogen-bond donors (Lipinski definition) is 1. The molecule has 18 heavy (non-hydrogen) atoms. The van der Waals surface area contributed by atoms with Crippen LogP contribution in [0.25, 0.3) is 0 Å². The predicted octanol–water partition coefficient (Wildman–Crippen LogP) is 3.33. The Kier molecular flexibility index (Phi) is 4.31. The summed E-state index contributed by atoms with van der Waals surface area (Å²) < 4.78 is 0. The van der Waals surface area contributed by atoms with Gasteiger partial charge in [-0.25, -0.2) is 0 Å². The van der Waals surface area contributed by atoms with E-state index in [-0.39, 0.29) is 5.41 Å². The highest BCUT2D eigenvalue weighted by Gasteiger charge is 2.32. The van der Waals surface area contributed by atoms with Crippen molar-refractivity contribution in [3.63, 3.8) is 0 Å². The Labute approximate surface area is 115 Å². The van der Waals surface area contributed by atoms with Crippen LogP contribution < -0.4 is 5.32 Å². The van der Waals surface area contributed by atoms with E-state index in [0.717, 1.165) is 31.2 Å². The molecule has 1 N–H and O–H groups in total. The monoisotopic (exact) mass is 266 g/mol. The highest BCUT2D eigenvalue weighted by molar-refractivity contribution is 6.30.